The van der Waals surface area contributed by atoms with Crippen LogP contribution < -0.4 is 5.32 Å². The third-order valence-corrected chi connectivity index (χ3v) is 6.63. The van der Waals surface area contributed by atoms with E-state index >= 15 is 0 Å². The molecular weight excluding hydrogens is 344 g/mol. The molecule has 1 aliphatic carbocycles. The molecular formula is C20H28N4OS. The molecule has 5 nitrogen and oxygen atoms in total. The summed E-state index contributed by atoms with van der Waals surface area (Å²) >= 11 is 1.44. The molecule has 0 radical (unpaired) electrons. The summed E-state index contributed by atoms with van der Waals surface area (Å²) < 4.78 is 1.96. The number of nitrogens with one attached hydrogen (secondary N) is 1. The number of aryl methyl sites for hydroxylation is 1. The van der Waals surface area contributed by atoms with Crippen molar-refractivity contribution < 1.29 is 4.79 Å². The Morgan fingerprint density at radius 3 is 2.81 bits per heavy atom. The van der Waals surface area contributed by atoms with Gasteiger partial charge in [-0.3, -0.25) is 4.79 Å². The lowest BCUT2D eigenvalue weighted by Gasteiger charge is -2.34. The summed E-state index contributed by atoms with van der Waals surface area (Å²) in [5, 5.41) is 12.6. The van der Waals surface area contributed by atoms with Crippen LogP contribution in [0.2, 0.25) is 0 Å². The monoisotopic (exact) mass is 372 g/mol. The van der Waals surface area contributed by atoms with E-state index in [1.807, 2.05) is 29.8 Å². The molecule has 0 unspecified atom stereocenters. The predicted molar refractivity (Wildman–Crippen MR) is 106 cm³/mol. The standard InChI is InChI=1S/C20H28N4OS/c1-13-9-7-11-17(15(13)3)21-18(25)12-26-20-23-22-19(24(20)4)16-10-6-5-8-14(16)2/h5-6,8,10,13,15,17H,7,9,11-12H2,1-4H3,(H,21,25)/t13-,15-,17-/m0/s1. The third-order valence-electron chi connectivity index (χ3n) is 5.61. The average molecular weight is 373 g/mol. The number of amides is 1. The number of nitrogens with zero attached hydrogens (tertiary/aromatic N) is 3. The van der Waals surface area contributed by atoms with Crippen LogP contribution in [0, 0.1) is 18.8 Å². The summed E-state index contributed by atoms with van der Waals surface area (Å²) in [6.45, 7) is 6.60. The number of hydrogen-bond donors (Lipinski definition) is 1. The Kier molecular flexibility index (Phi) is 6.01. The van der Waals surface area contributed by atoms with Gasteiger partial charge in [0.1, 0.15) is 0 Å². The highest BCUT2D eigenvalue weighted by Crippen LogP contribution is 2.30. The zero-order valence-corrected chi connectivity index (χ0v) is 16.8. The van der Waals surface area contributed by atoms with E-state index in [4.69, 9.17) is 0 Å². The first-order valence-corrected chi connectivity index (χ1v) is 10.3. The second-order valence-electron chi connectivity index (χ2n) is 7.41. The lowest BCUT2D eigenvalue weighted by molar-refractivity contribution is -0.120. The van der Waals surface area contributed by atoms with Gasteiger partial charge in [0.25, 0.3) is 0 Å². The Labute approximate surface area is 160 Å². The second-order valence-corrected chi connectivity index (χ2v) is 8.35. The molecule has 1 amide bonds. The molecule has 1 aromatic carbocycles. The fourth-order valence-corrected chi connectivity index (χ4v) is 4.39. The fourth-order valence-electron chi connectivity index (χ4n) is 3.66. The fraction of sp³-hybridized carbons (Fsp3) is 0.550. The first kappa shape index (κ1) is 19.0. The molecule has 3 atom stereocenters. The van der Waals surface area contributed by atoms with Crippen LogP contribution in [0.5, 0.6) is 0 Å². The summed E-state index contributed by atoms with van der Waals surface area (Å²) in [5.41, 5.74) is 2.24. The molecule has 1 aromatic heterocycles. The van der Waals surface area contributed by atoms with Crippen LogP contribution in [0.25, 0.3) is 11.4 Å². The Morgan fingerprint density at radius 2 is 2.04 bits per heavy atom. The molecule has 0 bridgehead atoms. The Bertz CT molecular complexity index is 773. The largest absolute Gasteiger partial charge is 0.352 e. The lowest BCUT2D eigenvalue weighted by Crippen LogP contribution is -2.44. The molecule has 0 saturated heterocycles. The van der Waals surface area contributed by atoms with Gasteiger partial charge in [0.2, 0.25) is 5.91 Å². The van der Waals surface area contributed by atoms with Crippen molar-refractivity contribution in [3.63, 3.8) is 0 Å². The van der Waals surface area contributed by atoms with Crippen molar-refractivity contribution in [2.45, 2.75) is 51.2 Å². The smallest absolute Gasteiger partial charge is 0.230 e. The summed E-state index contributed by atoms with van der Waals surface area (Å²) in [5.74, 6) is 2.51. The molecule has 1 saturated carbocycles. The third kappa shape index (κ3) is 4.11. The molecule has 6 heteroatoms. The maximum atomic E-state index is 12.4. The quantitative estimate of drug-likeness (QED) is 0.811. The predicted octanol–water partition coefficient (Wildman–Crippen LogP) is 3.82. The van der Waals surface area contributed by atoms with Gasteiger partial charge in [-0.05, 0) is 30.7 Å². The highest BCUT2D eigenvalue weighted by Gasteiger charge is 2.28. The van der Waals surface area contributed by atoms with Gasteiger partial charge in [-0.1, -0.05) is 62.7 Å². The van der Waals surface area contributed by atoms with Crippen molar-refractivity contribution in [2.24, 2.45) is 18.9 Å². The number of thioether (sulfide) groups is 1. The minimum atomic E-state index is 0.0846. The van der Waals surface area contributed by atoms with Crippen molar-refractivity contribution in [3.8, 4) is 11.4 Å². The van der Waals surface area contributed by atoms with Gasteiger partial charge in [-0.15, -0.1) is 10.2 Å². The maximum absolute atomic E-state index is 12.4. The van der Waals surface area contributed by atoms with E-state index < -0.39 is 0 Å². The highest BCUT2D eigenvalue weighted by molar-refractivity contribution is 7.99. The molecule has 1 heterocycles. The van der Waals surface area contributed by atoms with E-state index in [-0.39, 0.29) is 5.91 Å². The molecule has 140 valence electrons. The highest BCUT2D eigenvalue weighted by atomic mass is 32.2. The minimum Gasteiger partial charge on any atom is -0.352 e. The van der Waals surface area contributed by atoms with E-state index in [9.17, 15) is 4.79 Å². The summed E-state index contributed by atoms with van der Waals surface area (Å²) in [7, 11) is 1.95. The zero-order valence-electron chi connectivity index (χ0n) is 16.0. The van der Waals surface area contributed by atoms with Crippen LogP contribution in [0.4, 0.5) is 0 Å². The van der Waals surface area contributed by atoms with Gasteiger partial charge in [-0.25, -0.2) is 0 Å². The topological polar surface area (TPSA) is 59.8 Å². The Hall–Kier alpha value is -1.82. The maximum Gasteiger partial charge on any atom is 0.230 e. The van der Waals surface area contributed by atoms with Gasteiger partial charge in [0.05, 0.1) is 5.75 Å². The molecule has 26 heavy (non-hydrogen) atoms. The summed E-state index contributed by atoms with van der Waals surface area (Å²) in [6, 6.07) is 8.43. The molecule has 0 aliphatic heterocycles. The van der Waals surface area contributed by atoms with E-state index in [1.165, 1.54) is 24.6 Å². The van der Waals surface area contributed by atoms with Crippen LogP contribution in [0.3, 0.4) is 0 Å². The number of carbonyl (C=O) groups is 1. The van der Waals surface area contributed by atoms with E-state index in [0.717, 1.165) is 28.5 Å². The van der Waals surface area contributed by atoms with Crippen molar-refractivity contribution in [3.05, 3.63) is 29.8 Å². The van der Waals surface area contributed by atoms with Crippen LogP contribution in [-0.2, 0) is 11.8 Å². The van der Waals surface area contributed by atoms with Crippen LogP contribution in [0.15, 0.2) is 29.4 Å². The molecule has 3 rings (SSSR count). The lowest BCUT2D eigenvalue weighted by atomic mass is 9.78. The SMILES string of the molecule is Cc1ccccc1-c1nnc(SCC(=O)N[C@H]2CCC[C@H](C)[C@@H]2C)n1C. The summed E-state index contributed by atoms with van der Waals surface area (Å²) in [4.78, 5) is 12.4. The molecule has 2 aromatic rings. The van der Waals surface area contributed by atoms with E-state index in [0.29, 0.717) is 23.6 Å². The number of rotatable bonds is 5. The normalized spacial score (nSPS) is 23.0. The minimum absolute atomic E-state index is 0.0846. The van der Waals surface area contributed by atoms with Crippen molar-refractivity contribution in [1.29, 1.82) is 0 Å². The molecule has 1 fully saturated rings. The van der Waals surface area contributed by atoms with Crippen molar-refractivity contribution in [2.75, 3.05) is 5.75 Å². The number of aromatic nitrogens is 3. The van der Waals surface area contributed by atoms with Gasteiger partial charge in [0, 0.05) is 18.7 Å². The van der Waals surface area contributed by atoms with Crippen LogP contribution in [0.1, 0.15) is 38.7 Å². The first-order valence-electron chi connectivity index (χ1n) is 9.35. The number of benzene rings is 1. The van der Waals surface area contributed by atoms with Gasteiger partial charge < -0.3 is 9.88 Å². The Balaban J connectivity index is 1.60. The van der Waals surface area contributed by atoms with E-state index in [2.05, 4.69) is 42.4 Å². The van der Waals surface area contributed by atoms with Gasteiger partial charge >= 0.3 is 0 Å². The average Bonchev–Trinajstić information content (AvgIpc) is 2.98. The first-order chi connectivity index (χ1) is 12.5. The molecule has 0 spiro atoms. The number of carbonyl (C=O) groups excluding carboxylic acids is 1. The molecule has 1 aliphatic rings. The van der Waals surface area contributed by atoms with E-state index in [1.54, 1.807) is 0 Å². The summed E-state index contributed by atoms with van der Waals surface area (Å²) in [6.07, 6.45) is 3.55. The van der Waals surface area contributed by atoms with Crippen molar-refractivity contribution in [1.82, 2.24) is 20.1 Å². The van der Waals surface area contributed by atoms with Gasteiger partial charge in [0.15, 0.2) is 11.0 Å². The Morgan fingerprint density at radius 1 is 1.27 bits per heavy atom. The van der Waals surface area contributed by atoms with Crippen molar-refractivity contribution >= 4 is 17.7 Å². The second kappa shape index (κ2) is 8.25. The zero-order chi connectivity index (χ0) is 18.7. The van der Waals surface area contributed by atoms with Gasteiger partial charge in [-0.2, -0.15) is 0 Å². The molecule has 1 N–H and O–H groups in total. The number of hydrogen-bond acceptors (Lipinski definition) is 4. The van der Waals surface area contributed by atoms with Crippen LogP contribution in [-0.4, -0.2) is 32.5 Å². The van der Waals surface area contributed by atoms with Crippen LogP contribution >= 0.6 is 11.8 Å².